The van der Waals surface area contributed by atoms with Gasteiger partial charge in [0.1, 0.15) is 30.3 Å². The van der Waals surface area contributed by atoms with Gasteiger partial charge in [0.2, 0.25) is 11.8 Å². The van der Waals surface area contributed by atoms with E-state index in [0.717, 1.165) is 56.9 Å². The van der Waals surface area contributed by atoms with Crippen molar-refractivity contribution in [1.82, 2.24) is 15.5 Å². The van der Waals surface area contributed by atoms with Gasteiger partial charge in [-0.05, 0) is 75.2 Å². The zero-order valence-electron chi connectivity index (χ0n) is 26.8. The van der Waals surface area contributed by atoms with Gasteiger partial charge in [0, 0.05) is 6.54 Å². The summed E-state index contributed by atoms with van der Waals surface area (Å²) in [5.74, 6) is -0.809. The smallest absolute Gasteiger partial charge is 0.408 e. The Morgan fingerprint density at radius 1 is 0.884 bits per heavy atom. The van der Waals surface area contributed by atoms with E-state index in [9.17, 15) is 19.2 Å². The second-order valence-corrected chi connectivity index (χ2v) is 14.7. The first-order valence-corrected chi connectivity index (χ1v) is 16.1. The highest BCUT2D eigenvalue weighted by Crippen LogP contribution is 2.44. The first-order valence-electron chi connectivity index (χ1n) is 16.1. The minimum atomic E-state index is -0.892. The molecule has 2 saturated carbocycles. The van der Waals surface area contributed by atoms with Crippen LogP contribution in [-0.2, 0) is 30.5 Å². The Hall–Kier alpha value is -3.10. The fourth-order valence-electron chi connectivity index (χ4n) is 7.00. The molecule has 9 heteroatoms. The Bertz CT molecular complexity index is 1140. The van der Waals surface area contributed by atoms with Crippen LogP contribution in [0.5, 0.6) is 0 Å². The number of hydrogen-bond acceptors (Lipinski definition) is 6. The van der Waals surface area contributed by atoms with E-state index < -0.39 is 41.1 Å². The van der Waals surface area contributed by atoms with E-state index in [1.54, 1.807) is 4.90 Å². The van der Waals surface area contributed by atoms with Gasteiger partial charge in [-0.25, -0.2) is 9.59 Å². The molecule has 3 fully saturated rings. The summed E-state index contributed by atoms with van der Waals surface area (Å²) in [6.45, 7) is 11.8. The summed E-state index contributed by atoms with van der Waals surface area (Å²) in [4.78, 5) is 56.3. The topological polar surface area (TPSA) is 114 Å². The number of benzene rings is 1. The lowest BCUT2D eigenvalue weighted by Gasteiger charge is -2.38. The SMILES string of the molecule is CC(C)(C)OC(=O)C1C2CCCC2CN1C(=O)C(NC(=O)C(NC(=O)OCc1ccccc1)C1CCCCC1)C(C)(C)C. The summed E-state index contributed by atoms with van der Waals surface area (Å²) in [5, 5.41) is 5.87. The average Bonchev–Trinajstić information content (AvgIpc) is 3.54. The Morgan fingerprint density at radius 3 is 2.19 bits per heavy atom. The number of ether oxygens (including phenoxy) is 2. The van der Waals surface area contributed by atoms with Crippen LogP contribution in [0.4, 0.5) is 4.79 Å². The molecule has 0 radical (unpaired) electrons. The van der Waals surface area contributed by atoms with E-state index >= 15 is 0 Å². The van der Waals surface area contributed by atoms with E-state index in [4.69, 9.17) is 9.47 Å². The molecule has 43 heavy (non-hydrogen) atoms. The first-order chi connectivity index (χ1) is 20.2. The van der Waals surface area contributed by atoms with Crippen molar-refractivity contribution in [3.05, 3.63) is 35.9 Å². The minimum absolute atomic E-state index is 0.0607. The van der Waals surface area contributed by atoms with E-state index in [0.29, 0.717) is 6.54 Å². The predicted molar refractivity (Wildman–Crippen MR) is 164 cm³/mol. The summed E-state index contributed by atoms with van der Waals surface area (Å²) >= 11 is 0. The lowest BCUT2D eigenvalue weighted by molar-refractivity contribution is -0.165. The number of fused-ring (bicyclic) bond motifs is 1. The molecule has 3 amide bonds. The molecule has 0 aromatic heterocycles. The quantitative estimate of drug-likeness (QED) is 0.390. The molecule has 1 aliphatic heterocycles. The van der Waals surface area contributed by atoms with Crippen LogP contribution in [0, 0.1) is 23.2 Å². The van der Waals surface area contributed by atoms with Gasteiger partial charge in [-0.2, -0.15) is 0 Å². The molecular formula is C34H51N3O6. The Morgan fingerprint density at radius 2 is 1.56 bits per heavy atom. The molecule has 5 unspecified atom stereocenters. The van der Waals surface area contributed by atoms with Crippen LogP contribution >= 0.6 is 0 Å². The van der Waals surface area contributed by atoms with Crippen molar-refractivity contribution in [3.8, 4) is 0 Å². The largest absolute Gasteiger partial charge is 0.458 e. The summed E-state index contributed by atoms with van der Waals surface area (Å²) in [6, 6.07) is 6.99. The summed E-state index contributed by atoms with van der Waals surface area (Å²) in [7, 11) is 0. The second kappa shape index (κ2) is 13.7. The highest BCUT2D eigenvalue weighted by atomic mass is 16.6. The molecular weight excluding hydrogens is 546 g/mol. The van der Waals surface area contributed by atoms with Gasteiger partial charge in [-0.15, -0.1) is 0 Å². The van der Waals surface area contributed by atoms with Crippen molar-refractivity contribution < 1.29 is 28.7 Å². The molecule has 4 rings (SSSR count). The molecule has 1 aromatic rings. The molecule has 2 aliphatic carbocycles. The number of nitrogens with one attached hydrogen (secondary N) is 2. The van der Waals surface area contributed by atoms with Gasteiger partial charge in [-0.1, -0.05) is 76.8 Å². The van der Waals surface area contributed by atoms with Crippen molar-refractivity contribution in [2.75, 3.05) is 6.54 Å². The van der Waals surface area contributed by atoms with E-state index in [1.165, 1.54) is 0 Å². The average molecular weight is 598 g/mol. The second-order valence-electron chi connectivity index (χ2n) is 14.7. The zero-order chi connectivity index (χ0) is 31.4. The Labute approximate surface area is 256 Å². The molecule has 1 saturated heterocycles. The fraction of sp³-hybridized carbons (Fsp3) is 0.706. The summed E-state index contributed by atoms with van der Waals surface area (Å²) in [6.07, 6.45) is 6.88. The summed E-state index contributed by atoms with van der Waals surface area (Å²) in [5.41, 5.74) is -0.466. The van der Waals surface area contributed by atoms with Crippen molar-refractivity contribution >= 4 is 23.9 Å². The van der Waals surface area contributed by atoms with Gasteiger partial charge < -0.3 is 25.0 Å². The third-order valence-corrected chi connectivity index (χ3v) is 9.11. The lowest BCUT2D eigenvalue weighted by Crippen LogP contribution is -2.61. The number of carbonyl (C=O) groups is 4. The van der Waals surface area contributed by atoms with Crippen LogP contribution < -0.4 is 10.6 Å². The number of esters is 1. The molecule has 0 spiro atoms. The van der Waals surface area contributed by atoms with Gasteiger partial charge in [0.25, 0.3) is 0 Å². The van der Waals surface area contributed by atoms with E-state index in [2.05, 4.69) is 10.6 Å². The normalized spacial score (nSPS) is 24.0. The number of hydrogen-bond donors (Lipinski definition) is 2. The zero-order valence-corrected chi connectivity index (χ0v) is 26.8. The Kier molecular flexibility index (Phi) is 10.4. The highest BCUT2D eigenvalue weighted by molar-refractivity contribution is 5.94. The lowest BCUT2D eigenvalue weighted by atomic mass is 9.82. The highest BCUT2D eigenvalue weighted by Gasteiger charge is 2.53. The molecule has 9 nitrogen and oxygen atoms in total. The number of likely N-dealkylation sites (tertiary alicyclic amines) is 1. The van der Waals surface area contributed by atoms with Crippen LogP contribution in [0.2, 0.25) is 0 Å². The maximum atomic E-state index is 14.3. The molecule has 5 atom stereocenters. The number of carbonyl (C=O) groups excluding carboxylic acids is 4. The third-order valence-electron chi connectivity index (χ3n) is 9.11. The van der Waals surface area contributed by atoms with Crippen molar-refractivity contribution in [2.45, 2.75) is 123 Å². The standard InChI is InChI=1S/C34H51N3O6/c1-33(2,3)28(30(39)37-20-24-18-13-19-25(24)27(37)31(40)43-34(4,5)6)36-29(38)26(23-16-11-8-12-17-23)35-32(41)42-21-22-14-9-7-10-15-22/h7,9-10,14-15,23-28H,8,11-13,16-21H2,1-6H3,(H,35,41)(H,36,38). The molecule has 1 aromatic carbocycles. The van der Waals surface area contributed by atoms with Crippen LogP contribution in [0.1, 0.15) is 98.5 Å². The first kappa shape index (κ1) is 32.8. The molecule has 1 heterocycles. The monoisotopic (exact) mass is 597 g/mol. The Balaban J connectivity index is 1.52. The van der Waals surface area contributed by atoms with Gasteiger partial charge in [0.15, 0.2) is 0 Å². The van der Waals surface area contributed by atoms with Crippen LogP contribution in [0.25, 0.3) is 0 Å². The van der Waals surface area contributed by atoms with Crippen LogP contribution in [0.15, 0.2) is 30.3 Å². The third kappa shape index (κ3) is 8.51. The summed E-state index contributed by atoms with van der Waals surface area (Å²) < 4.78 is 11.3. The number of amides is 3. The van der Waals surface area contributed by atoms with Crippen molar-refractivity contribution in [2.24, 2.45) is 23.2 Å². The van der Waals surface area contributed by atoms with Crippen LogP contribution in [-0.4, -0.2) is 59.0 Å². The molecule has 238 valence electrons. The maximum Gasteiger partial charge on any atom is 0.408 e. The van der Waals surface area contributed by atoms with Crippen LogP contribution in [0.3, 0.4) is 0 Å². The van der Waals surface area contributed by atoms with Gasteiger partial charge in [0.05, 0.1) is 0 Å². The van der Waals surface area contributed by atoms with E-state index in [1.807, 2.05) is 71.9 Å². The molecule has 3 aliphatic rings. The number of nitrogens with zero attached hydrogens (tertiary/aromatic N) is 1. The number of alkyl carbamates (subject to hydrolysis) is 1. The van der Waals surface area contributed by atoms with Gasteiger partial charge >= 0.3 is 12.1 Å². The minimum Gasteiger partial charge on any atom is -0.458 e. The molecule has 2 N–H and O–H groups in total. The fourth-order valence-corrected chi connectivity index (χ4v) is 7.00. The van der Waals surface area contributed by atoms with Crippen molar-refractivity contribution in [3.63, 3.8) is 0 Å². The predicted octanol–water partition coefficient (Wildman–Crippen LogP) is 5.36. The molecule has 0 bridgehead atoms. The van der Waals surface area contributed by atoms with E-state index in [-0.39, 0.29) is 36.2 Å². The number of rotatable bonds is 8. The maximum absolute atomic E-state index is 14.3. The van der Waals surface area contributed by atoms with Crippen molar-refractivity contribution in [1.29, 1.82) is 0 Å². The van der Waals surface area contributed by atoms with Gasteiger partial charge in [-0.3, -0.25) is 9.59 Å².